The maximum Gasteiger partial charge on any atom is 0.408 e. The Hall–Kier alpha value is -4.08. The summed E-state index contributed by atoms with van der Waals surface area (Å²) in [5, 5.41) is 16.4. The van der Waals surface area contributed by atoms with Crippen molar-refractivity contribution in [3.8, 4) is 5.75 Å². The Morgan fingerprint density at radius 1 is 0.932 bits per heavy atom. The fourth-order valence-electron chi connectivity index (χ4n) is 4.81. The zero-order chi connectivity index (χ0) is 32.7. The Morgan fingerprint density at radius 3 is 2.23 bits per heavy atom. The minimum atomic E-state index is -1.29. The van der Waals surface area contributed by atoms with Crippen molar-refractivity contribution >= 4 is 23.9 Å². The molecule has 0 heterocycles. The van der Waals surface area contributed by atoms with Gasteiger partial charge in [0.25, 0.3) is 0 Å². The largest absolute Gasteiger partial charge is 0.507 e. The van der Waals surface area contributed by atoms with Crippen LogP contribution < -0.4 is 10.6 Å². The summed E-state index contributed by atoms with van der Waals surface area (Å²) >= 11 is 0. The third-order valence-corrected chi connectivity index (χ3v) is 7.07. The summed E-state index contributed by atoms with van der Waals surface area (Å²) in [5.41, 5.74) is 0.730. The number of aromatic hydroxyl groups is 1. The van der Waals surface area contributed by atoms with E-state index < -0.39 is 48.1 Å². The number of phenols is 1. The highest BCUT2D eigenvalue weighted by molar-refractivity contribution is 5.93. The first-order chi connectivity index (χ1) is 20.9. The van der Waals surface area contributed by atoms with Crippen LogP contribution in [0.15, 0.2) is 48.5 Å². The number of unbranched alkanes of at least 4 members (excludes halogenated alkanes) is 5. The van der Waals surface area contributed by atoms with Gasteiger partial charge in [-0.15, -0.1) is 0 Å². The number of rotatable bonds is 16. The molecule has 2 aromatic rings. The number of alkyl carbamates (subject to hydrolysis) is 1. The van der Waals surface area contributed by atoms with Crippen molar-refractivity contribution < 1.29 is 33.8 Å². The number of carbonyl (C=O) groups is 4. The van der Waals surface area contributed by atoms with E-state index in [1.165, 1.54) is 12.0 Å². The third kappa shape index (κ3) is 11.9. The standard InChI is InChI=1S/C34H49N3O7/c1-7-8-9-10-11-15-21-37(29(31(40)35-23-28(38)43-6)26-20-16-17-24(2)30(26)39)32(41)27(22-25-18-13-12-14-19-25)36-33(42)44-34(3,4)5/h12-14,16-20,27,29,39H,7-11,15,21-23H2,1-6H3,(H,35,40)(H,36,42). The number of carbonyl (C=O) groups excluding carboxylic acids is 4. The van der Waals surface area contributed by atoms with E-state index in [-0.39, 0.29) is 24.3 Å². The number of hydrogen-bond donors (Lipinski definition) is 3. The molecule has 242 valence electrons. The number of hydrogen-bond acceptors (Lipinski definition) is 7. The lowest BCUT2D eigenvalue weighted by Crippen LogP contribution is -2.54. The minimum Gasteiger partial charge on any atom is -0.507 e. The fourth-order valence-corrected chi connectivity index (χ4v) is 4.81. The lowest BCUT2D eigenvalue weighted by atomic mass is 9.97. The maximum absolute atomic E-state index is 14.5. The number of ether oxygens (including phenoxy) is 2. The van der Waals surface area contributed by atoms with Crippen molar-refractivity contribution in [1.29, 1.82) is 0 Å². The summed E-state index contributed by atoms with van der Waals surface area (Å²) < 4.78 is 10.2. The predicted octanol–water partition coefficient (Wildman–Crippen LogP) is 5.36. The summed E-state index contributed by atoms with van der Waals surface area (Å²) in [6.45, 7) is 8.78. The van der Waals surface area contributed by atoms with E-state index in [4.69, 9.17) is 9.47 Å². The van der Waals surface area contributed by atoms with E-state index in [1.807, 2.05) is 30.3 Å². The highest BCUT2D eigenvalue weighted by Gasteiger charge is 2.37. The smallest absolute Gasteiger partial charge is 0.408 e. The van der Waals surface area contributed by atoms with Crippen molar-refractivity contribution in [3.05, 3.63) is 65.2 Å². The summed E-state index contributed by atoms with van der Waals surface area (Å²) in [4.78, 5) is 54.6. The first-order valence-electron chi connectivity index (χ1n) is 15.3. The number of methoxy groups -OCH3 is 1. The SMILES string of the molecule is CCCCCCCCN(C(=O)C(Cc1ccccc1)NC(=O)OC(C)(C)C)C(C(=O)NCC(=O)OC)c1cccc(C)c1O. The molecule has 0 aromatic heterocycles. The number of nitrogens with one attached hydrogen (secondary N) is 2. The van der Waals surface area contributed by atoms with Crippen molar-refractivity contribution in [2.45, 2.75) is 97.2 Å². The highest BCUT2D eigenvalue weighted by atomic mass is 16.6. The Labute approximate surface area is 261 Å². The van der Waals surface area contributed by atoms with Gasteiger partial charge in [0.2, 0.25) is 11.8 Å². The van der Waals surface area contributed by atoms with Gasteiger partial charge in [0.05, 0.1) is 7.11 Å². The normalized spacial score (nSPS) is 12.5. The van der Waals surface area contributed by atoms with E-state index >= 15 is 0 Å². The second-order valence-electron chi connectivity index (χ2n) is 11.9. The minimum absolute atomic E-state index is 0.133. The molecule has 10 heteroatoms. The van der Waals surface area contributed by atoms with Crippen LogP contribution in [0.4, 0.5) is 4.79 Å². The second-order valence-corrected chi connectivity index (χ2v) is 11.9. The van der Waals surface area contributed by atoms with Crippen LogP contribution in [0.3, 0.4) is 0 Å². The van der Waals surface area contributed by atoms with Crippen LogP contribution in [0.1, 0.15) is 89.0 Å². The van der Waals surface area contributed by atoms with E-state index in [2.05, 4.69) is 17.6 Å². The molecule has 44 heavy (non-hydrogen) atoms. The zero-order valence-electron chi connectivity index (χ0n) is 27.0. The molecule has 0 aliphatic rings. The number of phenolic OH excluding ortho intramolecular Hbond substituents is 1. The number of esters is 1. The summed E-state index contributed by atoms with van der Waals surface area (Å²) in [6, 6.07) is 11.8. The zero-order valence-corrected chi connectivity index (χ0v) is 27.0. The summed E-state index contributed by atoms with van der Waals surface area (Å²) in [6.07, 6.45) is 5.01. The van der Waals surface area contributed by atoms with Gasteiger partial charge in [0.1, 0.15) is 30.0 Å². The first kappa shape index (κ1) is 36.1. The van der Waals surface area contributed by atoms with E-state index in [0.717, 1.165) is 37.7 Å². The lowest BCUT2D eigenvalue weighted by molar-refractivity contribution is -0.144. The molecule has 0 bridgehead atoms. The van der Waals surface area contributed by atoms with Crippen molar-refractivity contribution in [2.75, 3.05) is 20.2 Å². The van der Waals surface area contributed by atoms with Crippen LogP contribution >= 0.6 is 0 Å². The van der Waals surface area contributed by atoms with Gasteiger partial charge in [0, 0.05) is 18.5 Å². The Morgan fingerprint density at radius 2 is 1.59 bits per heavy atom. The number of aryl methyl sites for hydroxylation is 1. The molecular formula is C34H49N3O7. The first-order valence-corrected chi connectivity index (χ1v) is 15.3. The molecule has 2 atom stereocenters. The number of benzene rings is 2. The predicted molar refractivity (Wildman–Crippen MR) is 169 cm³/mol. The molecule has 0 saturated heterocycles. The quantitative estimate of drug-likeness (QED) is 0.172. The molecule has 2 aromatic carbocycles. The van der Waals surface area contributed by atoms with Gasteiger partial charge in [-0.1, -0.05) is 87.6 Å². The molecule has 0 saturated carbocycles. The van der Waals surface area contributed by atoms with Gasteiger partial charge in [-0.25, -0.2) is 4.79 Å². The Balaban J connectivity index is 2.58. The number of amides is 3. The Kier molecular flexibility index (Phi) is 14.7. The van der Waals surface area contributed by atoms with E-state index in [1.54, 1.807) is 45.9 Å². The van der Waals surface area contributed by atoms with Crippen LogP contribution in [-0.4, -0.2) is 65.7 Å². The van der Waals surface area contributed by atoms with Gasteiger partial charge in [-0.05, 0) is 45.2 Å². The summed E-state index contributed by atoms with van der Waals surface area (Å²) in [7, 11) is 1.21. The fraction of sp³-hybridized carbons (Fsp3) is 0.529. The summed E-state index contributed by atoms with van der Waals surface area (Å²) in [5.74, 6) is -1.97. The molecule has 0 spiro atoms. The molecule has 0 aliphatic heterocycles. The van der Waals surface area contributed by atoms with Gasteiger partial charge in [0.15, 0.2) is 0 Å². The molecule has 10 nitrogen and oxygen atoms in total. The van der Waals surface area contributed by atoms with E-state index in [9.17, 15) is 24.3 Å². The van der Waals surface area contributed by atoms with Gasteiger partial charge in [-0.2, -0.15) is 0 Å². The monoisotopic (exact) mass is 611 g/mol. The Bertz CT molecular complexity index is 1230. The average molecular weight is 612 g/mol. The number of nitrogens with zero attached hydrogens (tertiary/aromatic N) is 1. The highest BCUT2D eigenvalue weighted by Crippen LogP contribution is 2.33. The van der Waals surface area contributed by atoms with E-state index in [0.29, 0.717) is 12.0 Å². The van der Waals surface area contributed by atoms with Crippen LogP contribution in [0, 0.1) is 6.92 Å². The maximum atomic E-state index is 14.5. The van der Waals surface area contributed by atoms with Gasteiger partial charge < -0.3 is 30.1 Å². The third-order valence-electron chi connectivity index (χ3n) is 7.07. The molecular weight excluding hydrogens is 562 g/mol. The van der Waals surface area contributed by atoms with Crippen LogP contribution in [0.2, 0.25) is 0 Å². The lowest BCUT2D eigenvalue weighted by Gasteiger charge is -2.35. The molecule has 0 fully saturated rings. The molecule has 3 N–H and O–H groups in total. The molecule has 0 radical (unpaired) electrons. The van der Waals surface area contributed by atoms with Crippen LogP contribution in [0.25, 0.3) is 0 Å². The molecule has 3 amide bonds. The topological polar surface area (TPSA) is 134 Å². The van der Waals surface area contributed by atoms with Gasteiger partial charge in [-0.3, -0.25) is 14.4 Å². The molecule has 2 unspecified atom stereocenters. The van der Waals surface area contributed by atoms with Crippen molar-refractivity contribution in [2.24, 2.45) is 0 Å². The molecule has 0 aliphatic carbocycles. The van der Waals surface area contributed by atoms with Crippen LogP contribution in [-0.2, 0) is 30.3 Å². The molecule has 2 rings (SSSR count). The second kappa shape index (κ2) is 17.9. The number of para-hydroxylation sites is 1. The van der Waals surface area contributed by atoms with Crippen molar-refractivity contribution in [3.63, 3.8) is 0 Å². The average Bonchev–Trinajstić information content (AvgIpc) is 2.97. The van der Waals surface area contributed by atoms with Crippen molar-refractivity contribution in [1.82, 2.24) is 15.5 Å². The van der Waals surface area contributed by atoms with Gasteiger partial charge >= 0.3 is 12.1 Å². The van der Waals surface area contributed by atoms with Crippen LogP contribution in [0.5, 0.6) is 5.75 Å².